The van der Waals surface area contributed by atoms with Crippen LogP contribution in [-0.2, 0) is 0 Å². The van der Waals surface area contributed by atoms with Crippen LogP contribution < -0.4 is 5.73 Å². The van der Waals surface area contributed by atoms with E-state index >= 15 is 0 Å². The van der Waals surface area contributed by atoms with Crippen molar-refractivity contribution in [3.63, 3.8) is 0 Å². The van der Waals surface area contributed by atoms with E-state index < -0.39 is 0 Å². The molecule has 0 saturated carbocycles. The SMILES string of the molecule is NC1=NC[C@H](CO)S1. The van der Waals surface area contributed by atoms with Gasteiger partial charge in [0.2, 0.25) is 0 Å². The summed E-state index contributed by atoms with van der Waals surface area (Å²) < 4.78 is 0. The number of hydrogen-bond donors (Lipinski definition) is 2. The highest BCUT2D eigenvalue weighted by Crippen LogP contribution is 2.16. The molecule has 1 aliphatic heterocycles. The molecule has 0 aromatic rings. The lowest BCUT2D eigenvalue weighted by molar-refractivity contribution is 0.297. The molecule has 4 heteroatoms. The Labute approximate surface area is 52.0 Å². The lowest BCUT2D eigenvalue weighted by Gasteiger charge is -1.98. The zero-order chi connectivity index (χ0) is 5.98. The van der Waals surface area contributed by atoms with Crippen LogP contribution >= 0.6 is 11.8 Å². The van der Waals surface area contributed by atoms with Crippen molar-refractivity contribution in [3.8, 4) is 0 Å². The number of hydrogen-bond acceptors (Lipinski definition) is 4. The van der Waals surface area contributed by atoms with E-state index in [1.807, 2.05) is 0 Å². The maximum Gasteiger partial charge on any atom is 0.154 e. The van der Waals surface area contributed by atoms with Crippen LogP contribution in [0, 0.1) is 0 Å². The normalized spacial score (nSPS) is 28.1. The first-order chi connectivity index (χ1) is 3.83. The van der Waals surface area contributed by atoms with Gasteiger partial charge in [0.05, 0.1) is 18.4 Å². The van der Waals surface area contributed by atoms with Crippen LogP contribution in [0.1, 0.15) is 0 Å². The maximum atomic E-state index is 8.53. The number of rotatable bonds is 1. The standard InChI is InChI=1S/C4H8N2OS/c5-4-6-1-3(2-7)8-4/h3,7H,1-2H2,(H2,5,6)/t3-/m1/s1. The number of amidine groups is 1. The summed E-state index contributed by atoms with van der Waals surface area (Å²) in [5.41, 5.74) is 5.30. The molecule has 1 heterocycles. The molecule has 0 amide bonds. The molecule has 0 radical (unpaired) electrons. The minimum atomic E-state index is 0.175. The number of nitrogens with two attached hydrogens (primary N) is 1. The maximum absolute atomic E-state index is 8.53. The minimum absolute atomic E-state index is 0.175. The van der Waals surface area contributed by atoms with Gasteiger partial charge in [-0.3, -0.25) is 4.99 Å². The summed E-state index contributed by atoms with van der Waals surface area (Å²) in [5.74, 6) is 0. The highest BCUT2D eigenvalue weighted by atomic mass is 32.2. The highest BCUT2D eigenvalue weighted by molar-refractivity contribution is 8.14. The number of aliphatic hydroxyl groups excluding tert-OH is 1. The van der Waals surface area contributed by atoms with Crippen molar-refractivity contribution in [1.29, 1.82) is 0 Å². The fourth-order valence-electron chi connectivity index (χ4n) is 0.532. The summed E-state index contributed by atoms with van der Waals surface area (Å²) in [6.07, 6.45) is 0. The Morgan fingerprint density at radius 2 is 2.75 bits per heavy atom. The molecule has 0 aromatic heterocycles. The predicted molar refractivity (Wildman–Crippen MR) is 35.0 cm³/mol. The number of aliphatic imine (C=N–C) groups is 1. The monoisotopic (exact) mass is 132 g/mol. The average molecular weight is 132 g/mol. The summed E-state index contributed by atoms with van der Waals surface area (Å²) in [5, 5.41) is 9.35. The third-order valence-electron chi connectivity index (χ3n) is 0.942. The fourth-order valence-corrected chi connectivity index (χ4v) is 1.25. The first kappa shape index (κ1) is 5.91. The van der Waals surface area contributed by atoms with E-state index in [0.717, 1.165) is 0 Å². The molecule has 0 fully saturated rings. The molecule has 1 aliphatic rings. The van der Waals surface area contributed by atoms with Crippen LogP contribution in [0.3, 0.4) is 0 Å². The van der Waals surface area contributed by atoms with Crippen molar-refractivity contribution >= 4 is 16.9 Å². The molecule has 0 unspecified atom stereocenters. The summed E-state index contributed by atoms with van der Waals surface area (Å²) in [7, 11) is 0. The molecule has 46 valence electrons. The molecule has 3 N–H and O–H groups in total. The van der Waals surface area contributed by atoms with Crippen LogP contribution in [0.5, 0.6) is 0 Å². The van der Waals surface area contributed by atoms with Gasteiger partial charge in [-0.2, -0.15) is 0 Å². The Kier molecular flexibility index (Phi) is 1.75. The Morgan fingerprint density at radius 1 is 2.00 bits per heavy atom. The van der Waals surface area contributed by atoms with Crippen molar-refractivity contribution in [2.24, 2.45) is 10.7 Å². The van der Waals surface area contributed by atoms with Gasteiger partial charge in [0.25, 0.3) is 0 Å². The van der Waals surface area contributed by atoms with Gasteiger partial charge < -0.3 is 10.8 Å². The van der Waals surface area contributed by atoms with Gasteiger partial charge in [0.15, 0.2) is 5.17 Å². The van der Waals surface area contributed by atoms with Crippen LogP contribution in [0.25, 0.3) is 0 Å². The lowest BCUT2D eigenvalue weighted by atomic mass is 10.4. The Bertz CT molecular complexity index is 115. The molecule has 1 atom stereocenters. The van der Waals surface area contributed by atoms with Crippen molar-refractivity contribution < 1.29 is 5.11 Å². The zero-order valence-electron chi connectivity index (χ0n) is 4.37. The van der Waals surface area contributed by atoms with E-state index in [9.17, 15) is 0 Å². The largest absolute Gasteiger partial charge is 0.395 e. The smallest absolute Gasteiger partial charge is 0.154 e. The second-order valence-corrected chi connectivity index (χ2v) is 2.92. The number of aliphatic hydroxyl groups is 1. The van der Waals surface area contributed by atoms with Crippen LogP contribution in [0.15, 0.2) is 4.99 Å². The van der Waals surface area contributed by atoms with Gasteiger partial charge in [-0.25, -0.2) is 0 Å². The Morgan fingerprint density at radius 3 is 3.00 bits per heavy atom. The van der Waals surface area contributed by atoms with E-state index in [1.54, 1.807) is 0 Å². The summed E-state index contributed by atoms with van der Waals surface area (Å²) in [6, 6.07) is 0. The van der Waals surface area contributed by atoms with Gasteiger partial charge in [-0.15, -0.1) is 0 Å². The minimum Gasteiger partial charge on any atom is -0.395 e. The molecule has 0 spiro atoms. The van der Waals surface area contributed by atoms with E-state index in [0.29, 0.717) is 11.7 Å². The molecule has 0 aromatic carbocycles. The van der Waals surface area contributed by atoms with E-state index in [4.69, 9.17) is 10.8 Å². The fraction of sp³-hybridized carbons (Fsp3) is 0.750. The van der Waals surface area contributed by atoms with Crippen LogP contribution in [-0.4, -0.2) is 28.7 Å². The summed E-state index contributed by atoms with van der Waals surface area (Å²) >= 11 is 1.44. The molecule has 0 saturated heterocycles. The van der Waals surface area contributed by atoms with Crippen LogP contribution in [0.2, 0.25) is 0 Å². The van der Waals surface area contributed by atoms with Gasteiger partial charge in [0, 0.05) is 0 Å². The third-order valence-corrected chi connectivity index (χ3v) is 1.94. The van der Waals surface area contributed by atoms with E-state index in [-0.39, 0.29) is 11.9 Å². The Hall–Kier alpha value is -0.220. The van der Waals surface area contributed by atoms with Crippen molar-refractivity contribution in [2.75, 3.05) is 13.2 Å². The first-order valence-electron chi connectivity index (χ1n) is 2.40. The predicted octanol–water partition coefficient (Wildman–Crippen LogP) is -0.591. The Balaban J connectivity index is 2.32. The molecular formula is C4H8N2OS. The second kappa shape index (κ2) is 2.37. The lowest BCUT2D eigenvalue weighted by Crippen LogP contribution is -2.10. The molecular weight excluding hydrogens is 124 g/mol. The van der Waals surface area contributed by atoms with Gasteiger partial charge in [-0.05, 0) is 0 Å². The molecule has 0 bridgehead atoms. The second-order valence-electron chi connectivity index (χ2n) is 1.60. The molecule has 0 aliphatic carbocycles. The molecule has 8 heavy (non-hydrogen) atoms. The third kappa shape index (κ3) is 1.14. The zero-order valence-corrected chi connectivity index (χ0v) is 5.19. The van der Waals surface area contributed by atoms with E-state index in [1.165, 1.54) is 11.8 Å². The van der Waals surface area contributed by atoms with Crippen LogP contribution in [0.4, 0.5) is 0 Å². The number of thioether (sulfide) groups is 1. The van der Waals surface area contributed by atoms with Crippen molar-refractivity contribution in [2.45, 2.75) is 5.25 Å². The quantitative estimate of drug-likeness (QED) is 0.501. The topological polar surface area (TPSA) is 58.6 Å². The van der Waals surface area contributed by atoms with Gasteiger partial charge >= 0.3 is 0 Å². The summed E-state index contributed by atoms with van der Waals surface area (Å²) in [6.45, 7) is 0.849. The van der Waals surface area contributed by atoms with Gasteiger partial charge in [-0.1, -0.05) is 11.8 Å². The van der Waals surface area contributed by atoms with E-state index in [2.05, 4.69) is 4.99 Å². The number of nitrogens with zero attached hydrogens (tertiary/aromatic N) is 1. The van der Waals surface area contributed by atoms with Crippen molar-refractivity contribution in [3.05, 3.63) is 0 Å². The first-order valence-corrected chi connectivity index (χ1v) is 3.28. The average Bonchev–Trinajstić information content (AvgIpc) is 2.14. The molecule has 3 nitrogen and oxygen atoms in total. The highest BCUT2D eigenvalue weighted by Gasteiger charge is 2.15. The van der Waals surface area contributed by atoms with Gasteiger partial charge in [0.1, 0.15) is 0 Å². The molecule has 1 rings (SSSR count). The van der Waals surface area contributed by atoms with Crippen molar-refractivity contribution in [1.82, 2.24) is 0 Å². The summed E-state index contributed by atoms with van der Waals surface area (Å²) in [4.78, 5) is 3.89.